The molecule has 1 rings (SSSR count). The summed E-state index contributed by atoms with van der Waals surface area (Å²) in [6, 6.07) is 0. The SMILES string of the molecule is COCCNC(=O)CN=C(N)N1CCC(C)CC1. The highest BCUT2D eigenvalue weighted by atomic mass is 16.5. The van der Waals surface area contributed by atoms with E-state index < -0.39 is 0 Å². The van der Waals surface area contributed by atoms with Crippen molar-refractivity contribution in [1.82, 2.24) is 10.2 Å². The van der Waals surface area contributed by atoms with Gasteiger partial charge < -0.3 is 20.7 Å². The van der Waals surface area contributed by atoms with Gasteiger partial charge in [0.25, 0.3) is 0 Å². The van der Waals surface area contributed by atoms with Gasteiger partial charge >= 0.3 is 0 Å². The van der Waals surface area contributed by atoms with Gasteiger partial charge in [-0.2, -0.15) is 0 Å². The number of carbonyl (C=O) groups is 1. The molecule has 1 aliphatic rings. The van der Waals surface area contributed by atoms with Crippen molar-refractivity contribution in [3.63, 3.8) is 0 Å². The smallest absolute Gasteiger partial charge is 0.241 e. The number of guanidine groups is 1. The van der Waals surface area contributed by atoms with E-state index in [4.69, 9.17) is 10.5 Å². The van der Waals surface area contributed by atoms with E-state index in [2.05, 4.69) is 17.2 Å². The minimum absolute atomic E-state index is 0.0849. The fraction of sp³-hybridized carbons (Fsp3) is 0.833. The highest BCUT2D eigenvalue weighted by molar-refractivity contribution is 5.84. The van der Waals surface area contributed by atoms with Crippen molar-refractivity contribution in [2.45, 2.75) is 19.8 Å². The van der Waals surface area contributed by atoms with E-state index >= 15 is 0 Å². The van der Waals surface area contributed by atoms with Crippen LogP contribution in [0.4, 0.5) is 0 Å². The van der Waals surface area contributed by atoms with Crippen LogP contribution in [-0.4, -0.2) is 56.7 Å². The van der Waals surface area contributed by atoms with Crippen LogP contribution >= 0.6 is 0 Å². The van der Waals surface area contributed by atoms with E-state index in [-0.39, 0.29) is 12.5 Å². The molecule has 0 aromatic rings. The summed E-state index contributed by atoms with van der Waals surface area (Å²) in [5.41, 5.74) is 5.87. The highest BCUT2D eigenvalue weighted by Gasteiger charge is 2.16. The molecule has 0 saturated carbocycles. The number of hydrogen-bond donors (Lipinski definition) is 2. The molecule has 6 heteroatoms. The molecule has 1 amide bonds. The number of nitrogens with one attached hydrogen (secondary N) is 1. The van der Waals surface area contributed by atoms with Crippen LogP contribution in [0.1, 0.15) is 19.8 Å². The summed E-state index contributed by atoms with van der Waals surface area (Å²) in [5, 5.41) is 2.70. The molecule has 0 aromatic heterocycles. The maximum atomic E-state index is 11.4. The molecular formula is C12H24N4O2. The van der Waals surface area contributed by atoms with Crippen LogP contribution in [0.15, 0.2) is 4.99 Å². The summed E-state index contributed by atoms with van der Waals surface area (Å²) in [4.78, 5) is 17.6. The number of aliphatic imine (C=N–C) groups is 1. The molecule has 1 heterocycles. The lowest BCUT2D eigenvalue weighted by Gasteiger charge is -2.30. The zero-order valence-corrected chi connectivity index (χ0v) is 11.3. The van der Waals surface area contributed by atoms with Gasteiger partial charge in [-0.25, -0.2) is 4.99 Å². The van der Waals surface area contributed by atoms with Gasteiger partial charge in [0.2, 0.25) is 5.91 Å². The quantitative estimate of drug-likeness (QED) is 0.405. The van der Waals surface area contributed by atoms with Crippen molar-refractivity contribution in [3.8, 4) is 0 Å². The van der Waals surface area contributed by atoms with Gasteiger partial charge in [-0.1, -0.05) is 6.92 Å². The second-order valence-corrected chi connectivity index (χ2v) is 4.69. The Hall–Kier alpha value is -1.30. The van der Waals surface area contributed by atoms with E-state index in [1.165, 1.54) is 0 Å². The number of carbonyl (C=O) groups excluding carboxylic acids is 1. The first-order chi connectivity index (χ1) is 8.63. The second-order valence-electron chi connectivity index (χ2n) is 4.69. The van der Waals surface area contributed by atoms with E-state index in [0.29, 0.717) is 19.1 Å². The van der Waals surface area contributed by atoms with Crippen LogP contribution < -0.4 is 11.1 Å². The molecule has 1 fully saturated rings. The van der Waals surface area contributed by atoms with E-state index in [0.717, 1.165) is 31.8 Å². The first-order valence-corrected chi connectivity index (χ1v) is 6.44. The first kappa shape index (κ1) is 14.8. The number of piperidine rings is 1. The summed E-state index contributed by atoms with van der Waals surface area (Å²) in [6.07, 6.45) is 2.27. The lowest BCUT2D eigenvalue weighted by Crippen LogP contribution is -2.43. The van der Waals surface area contributed by atoms with Gasteiger partial charge in [0.1, 0.15) is 6.54 Å². The Morgan fingerprint density at radius 2 is 2.17 bits per heavy atom. The summed E-state index contributed by atoms with van der Waals surface area (Å²) >= 11 is 0. The number of ether oxygens (including phenoxy) is 1. The van der Waals surface area contributed by atoms with Crippen molar-refractivity contribution in [1.29, 1.82) is 0 Å². The molecule has 0 unspecified atom stereocenters. The van der Waals surface area contributed by atoms with E-state index in [1.54, 1.807) is 7.11 Å². The van der Waals surface area contributed by atoms with Crippen LogP contribution in [-0.2, 0) is 9.53 Å². The zero-order valence-electron chi connectivity index (χ0n) is 11.3. The predicted molar refractivity (Wildman–Crippen MR) is 71.3 cm³/mol. The number of nitrogens with zero attached hydrogens (tertiary/aromatic N) is 2. The van der Waals surface area contributed by atoms with Crippen molar-refractivity contribution in [2.24, 2.45) is 16.6 Å². The van der Waals surface area contributed by atoms with Gasteiger partial charge in [-0.3, -0.25) is 4.79 Å². The third kappa shape index (κ3) is 5.35. The molecule has 6 nitrogen and oxygen atoms in total. The Balaban J connectivity index is 2.26. The average molecular weight is 256 g/mol. The standard InChI is InChI=1S/C12H24N4O2/c1-10-3-6-16(7-4-10)12(13)15-9-11(17)14-5-8-18-2/h10H,3-9H2,1-2H3,(H2,13,15)(H,14,17). The predicted octanol–water partition coefficient (Wildman–Crippen LogP) is -0.204. The van der Waals surface area contributed by atoms with Crippen molar-refractivity contribution >= 4 is 11.9 Å². The van der Waals surface area contributed by atoms with Gasteiger partial charge in [-0.15, -0.1) is 0 Å². The molecule has 0 bridgehead atoms. The molecule has 0 aromatic carbocycles. The minimum atomic E-state index is -0.125. The molecule has 0 aliphatic carbocycles. The topological polar surface area (TPSA) is 79.9 Å². The lowest BCUT2D eigenvalue weighted by molar-refractivity contribution is -0.119. The Kier molecular flexibility index (Phi) is 6.49. The van der Waals surface area contributed by atoms with Crippen LogP contribution in [0, 0.1) is 5.92 Å². The summed E-state index contributed by atoms with van der Waals surface area (Å²) in [7, 11) is 1.60. The molecule has 1 aliphatic heterocycles. The summed E-state index contributed by atoms with van der Waals surface area (Å²) in [6.45, 7) is 5.21. The zero-order chi connectivity index (χ0) is 13.4. The van der Waals surface area contributed by atoms with Gasteiger partial charge in [0.05, 0.1) is 6.61 Å². The molecule has 0 atom stereocenters. The van der Waals surface area contributed by atoms with Crippen LogP contribution in [0.3, 0.4) is 0 Å². The van der Waals surface area contributed by atoms with Crippen molar-refractivity contribution in [3.05, 3.63) is 0 Å². The fourth-order valence-electron chi connectivity index (χ4n) is 1.84. The first-order valence-electron chi connectivity index (χ1n) is 6.44. The van der Waals surface area contributed by atoms with Crippen molar-refractivity contribution in [2.75, 3.05) is 39.9 Å². The molecule has 0 radical (unpaired) electrons. The van der Waals surface area contributed by atoms with Gasteiger partial charge in [0.15, 0.2) is 5.96 Å². The minimum Gasteiger partial charge on any atom is -0.383 e. The lowest BCUT2D eigenvalue weighted by atomic mass is 10.00. The number of nitrogens with two attached hydrogens (primary N) is 1. The van der Waals surface area contributed by atoms with E-state index in [9.17, 15) is 4.79 Å². The summed E-state index contributed by atoms with van der Waals surface area (Å²) < 4.78 is 4.84. The molecule has 0 spiro atoms. The Morgan fingerprint density at radius 3 is 2.78 bits per heavy atom. The van der Waals surface area contributed by atoms with Crippen molar-refractivity contribution < 1.29 is 9.53 Å². The summed E-state index contributed by atoms with van der Waals surface area (Å²) in [5.74, 6) is 1.11. The number of methoxy groups -OCH3 is 1. The van der Waals surface area contributed by atoms with Gasteiger partial charge in [0, 0.05) is 26.7 Å². The monoisotopic (exact) mass is 256 g/mol. The Labute approximate surface area is 109 Å². The van der Waals surface area contributed by atoms with Crippen LogP contribution in [0.25, 0.3) is 0 Å². The number of rotatable bonds is 5. The normalized spacial score (nSPS) is 17.9. The highest BCUT2D eigenvalue weighted by Crippen LogP contribution is 2.15. The molecule has 18 heavy (non-hydrogen) atoms. The second kappa shape index (κ2) is 7.92. The molecule has 1 saturated heterocycles. The molecule has 104 valence electrons. The number of amides is 1. The maximum absolute atomic E-state index is 11.4. The third-order valence-corrected chi connectivity index (χ3v) is 3.12. The maximum Gasteiger partial charge on any atom is 0.241 e. The largest absolute Gasteiger partial charge is 0.383 e. The number of likely N-dealkylation sites (tertiary alicyclic amines) is 1. The van der Waals surface area contributed by atoms with Gasteiger partial charge in [-0.05, 0) is 18.8 Å². The average Bonchev–Trinajstić information content (AvgIpc) is 2.37. The number of hydrogen-bond acceptors (Lipinski definition) is 3. The van der Waals surface area contributed by atoms with E-state index in [1.807, 2.05) is 4.90 Å². The third-order valence-electron chi connectivity index (χ3n) is 3.12. The van der Waals surface area contributed by atoms with Crippen LogP contribution in [0.5, 0.6) is 0 Å². The fourth-order valence-corrected chi connectivity index (χ4v) is 1.84. The molecule has 3 N–H and O–H groups in total. The Bertz CT molecular complexity index is 286. The van der Waals surface area contributed by atoms with Crippen LogP contribution in [0.2, 0.25) is 0 Å². The Morgan fingerprint density at radius 1 is 1.50 bits per heavy atom. The molecular weight excluding hydrogens is 232 g/mol.